The number of ether oxygens (including phenoxy) is 3. The zero-order valence-corrected chi connectivity index (χ0v) is 18.8. The maximum absolute atomic E-state index is 12.1. The predicted octanol–water partition coefficient (Wildman–Crippen LogP) is 4.48. The highest BCUT2D eigenvalue weighted by molar-refractivity contribution is 5.81. The number of rotatable bonds is 9. The molecule has 1 aromatic heterocycles. The Kier molecular flexibility index (Phi) is 7.19. The Morgan fingerprint density at radius 2 is 1.74 bits per heavy atom. The Morgan fingerprint density at radius 3 is 2.47 bits per heavy atom. The van der Waals surface area contributed by atoms with Crippen LogP contribution in [0.15, 0.2) is 88.8 Å². The van der Waals surface area contributed by atoms with E-state index in [1.807, 2.05) is 72.8 Å². The smallest absolute Gasteiger partial charge is 0.252 e. The van der Waals surface area contributed by atoms with Crippen LogP contribution in [0.2, 0.25) is 0 Å². The number of methoxy groups -OCH3 is 2. The van der Waals surface area contributed by atoms with Gasteiger partial charge in [0.25, 0.3) is 5.56 Å². The van der Waals surface area contributed by atoms with Gasteiger partial charge in [-0.25, -0.2) is 10.4 Å². The van der Waals surface area contributed by atoms with Gasteiger partial charge in [0.1, 0.15) is 12.4 Å². The van der Waals surface area contributed by atoms with Crippen LogP contribution in [0.4, 0.5) is 5.95 Å². The molecular weight excluding hydrogens is 432 g/mol. The average molecular weight is 457 g/mol. The SMILES string of the molecule is COc1ccc(-c2cc(=O)[nH]c(N/N=C\c3ccc(OCc4ccccc4)c(OC)c3)n2)cc1. The minimum atomic E-state index is -0.292. The molecule has 172 valence electrons. The summed E-state index contributed by atoms with van der Waals surface area (Å²) < 4.78 is 16.5. The lowest BCUT2D eigenvalue weighted by atomic mass is 10.1. The van der Waals surface area contributed by atoms with E-state index in [1.54, 1.807) is 20.4 Å². The molecule has 4 aromatic rings. The molecule has 3 aromatic carbocycles. The van der Waals surface area contributed by atoms with Crippen molar-refractivity contribution < 1.29 is 14.2 Å². The van der Waals surface area contributed by atoms with E-state index in [0.29, 0.717) is 23.8 Å². The lowest BCUT2D eigenvalue weighted by Gasteiger charge is -2.11. The van der Waals surface area contributed by atoms with Crippen molar-refractivity contribution in [1.29, 1.82) is 0 Å². The van der Waals surface area contributed by atoms with Gasteiger partial charge in [0, 0.05) is 11.6 Å². The second-order valence-corrected chi connectivity index (χ2v) is 7.26. The fraction of sp³-hybridized carbons (Fsp3) is 0.115. The van der Waals surface area contributed by atoms with Crippen molar-refractivity contribution >= 4 is 12.2 Å². The number of H-pyrrole nitrogens is 1. The molecule has 2 N–H and O–H groups in total. The van der Waals surface area contributed by atoms with Gasteiger partial charge in [0.2, 0.25) is 5.95 Å². The van der Waals surface area contributed by atoms with Crippen LogP contribution in [0.25, 0.3) is 11.3 Å². The van der Waals surface area contributed by atoms with Gasteiger partial charge in [-0.05, 0) is 53.6 Å². The monoisotopic (exact) mass is 456 g/mol. The van der Waals surface area contributed by atoms with E-state index in [0.717, 1.165) is 22.4 Å². The van der Waals surface area contributed by atoms with Crippen LogP contribution in [-0.2, 0) is 6.61 Å². The van der Waals surface area contributed by atoms with E-state index in [2.05, 4.69) is 20.5 Å². The lowest BCUT2D eigenvalue weighted by molar-refractivity contribution is 0.284. The minimum absolute atomic E-state index is 0.226. The Hall–Kier alpha value is -4.59. The van der Waals surface area contributed by atoms with E-state index in [1.165, 1.54) is 6.07 Å². The Morgan fingerprint density at radius 1 is 0.941 bits per heavy atom. The molecule has 0 atom stereocenters. The summed E-state index contributed by atoms with van der Waals surface area (Å²) >= 11 is 0. The summed E-state index contributed by atoms with van der Waals surface area (Å²) in [5.74, 6) is 2.18. The van der Waals surface area contributed by atoms with Crippen LogP contribution in [0.5, 0.6) is 17.2 Å². The number of hydrogen-bond donors (Lipinski definition) is 2. The number of nitrogens with one attached hydrogen (secondary N) is 2. The normalized spacial score (nSPS) is 10.8. The summed E-state index contributed by atoms with van der Waals surface area (Å²) in [6, 6.07) is 24.1. The first-order valence-corrected chi connectivity index (χ1v) is 10.5. The Labute approximate surface area is 196 Å². The summed E-state index contributed by atoms with van der Waals surface area (Å²) in [6.45, 7) is 0.440. The largest absolute Gasteiger partial charge is 0.497 e. The molecule has 0 amide bonds. The molecule has 0 saturated heterocycles. The van der Waals surface area contributed by atoms with Crippen molar-refractivity contribution in [1.82, 2.24) is 9.97 Å². The second-order valence-electron chi connectivity index (χ2n) is 7.26. The third kappa shape index (κ3) is 5.80. The third-order valence-corrected chi connectivity index (χ3v) is 4.94. The summed E-state index contributed by atoms with van der Waals surface area (Å²) in [6.07, 6.45) is 1.60. The van der Waals surface area contributed by atoms with Gasteiger partial charge >= 0.3 is 0 Å². The van der Waals surface area contributed by atoms with E-state index < -0.39 is 0 Å². The van der Waals surface area contributed by atoms with Crippen LogP contribution in [-0.4, -0.2) is 30.4 Å². The van der Waals surface area contributed by atoms with Gasteiger partial charge in [0.15, 0.2) is 11.5 Å². The van der Waals surface area contributed by atoms with Crippen molar-refractivity contribution in [2.45, 2.75) is 6.61 Å². The molecule has 0 unspecified atom stereocenters. The van der Waals surface area contributed by atoms with Gasteiger partial charge in [-0.3, -0.25) is 9.78 Å². The van der Waals surface area contributed by atoms with Crippen LogP contribution in [0, 0.1) is 0 Å². The number of anilines is 1. The van der Waals surface area contributed by atoms with Gasteiger partial charge in [-0.1, -0.05) is 30.3 Å². The first-order valence-electron chi connectivity index (χ1n) is 10.5. The Balaban J connectivity index is 1.44. The molecule has 0 saturated carbocycles. The summed E-state index contributed by atoms with van der Waals surface area (Å²) in [5, 5.41) is 4.19. The maximum atomic E-state index is 12.1. The number of aromatic nitrogens is 2. The molecule has 0 aliphatic carbocycles. The van der Waals surface area contributed by atoms with Crippen LogP contribution < -0.4 is 25.2 Å². The highest BCUT2D eigenvalue weighted by Crippen LogP contribution is 2.28. The van der Waals surface area contributed by atoms with Gasteiger partial charge in [-0.15, -0.1) is 0 Å². The lowest BCUT2D eigenvalue weighted by Crippen LogP contribution is -2.10. The molecule has 8 heteroatoms. The van der Waals surface area contributed by atoms with Crippen LogP contribution >= 0.6 is 0 Å². The molecular formula is C26H24N4O4. The summed E-state index contributed by atoms with van der Waals surface area (Å²) in [5.41, 5.74) is 5.64. The van der Waals surface area contributed by atoms with Crippen molar-refractivity contribution in [3.8, 4) is 28.5 Å². The zero-order chi connectivity index (χ0) is 23.8. The van der Waals surface area contributed by atoms with Crippen molar-refractivity contribution in [3.05, 3.63) is 100 Å². The van der Waals surface area contributed by atoms with Crippen LogP contribution in [0.1, 0.15) is 11.1 Å². The highest BCUT2D eigenvalue weighted by atomic mass is 16.5. The average Bonchev–Trinajstić information content (AvgIpc) is 2.88. The standard InChI is InChI=1S/C26H24N4O4/c1-32-21-11-9-20(10-12-21)22-15-25(31)29-26(28-22)30-27-16-19-8-13-23(24(14-19)33-2)34-17-18-6-4-3-5-7-18/h3-16H,17H2,1-2H3,(H2,28,29,30,31)/b27-16-. The number of aromatic amines is 1. The third-order valence-electron chi connectivity index (χ3n) is 4.94. The molecule has 8 nitrogen and oxygen atoms in total. The number of benzene rings is 3. The van der Waals surface area contributed by atoms with Crippen LogP contribution in [0.3, 0.4) is 0 Å². The maximum Gasteiger partial charge on any atom is 0.252 e. The first kappa shape index (κ1) is 22.6. The minimum Gasteiger partial charge on any atom is -0.497 e. The number of hydrazone groups is 1. The van der Waals surface area contributed by atoms with E-state index in [9.17, 15) is 4.79 Å². The molecule has 0 radical (unpaired) electrons. The van der Waals surface area contributed by atoms with E-state index in [4.69, 9.17) is 14.2 Å². The molecule has 0 fully saturated rings. The number of nitrogens with zero attached hydrogens (tertiary/aromatic N) is 2. The topological polar surface area (TPSA) is 97.8 Å². The molecule has 0 bridgehead atoms. The van der Waals surface area contributed by atoms with Crippen molar-refractivity contribution in [2.24, 2.45) is 5.10 Å². The summed E-state index contributed by atoms with van der Waals surface area (Å²) in [7, 11) is 3.19. The van der Waals surface area contributed by atoms with Gasteiger partial charge < -0.3 is 14.2 Å². The Bertz CT molecular complexity index is 1320. The molecule has 4 rings (SSSR count). The molecule has 0 aliphatic heterocycles. The first-order chi connectivity index (χ1) is 16.6. The van der Waals surface area contributed by atoms with Crippen molar-refractivity contribution in [3.63, 3.8) is 0 Å². The van der Waals surface area contributed by atoms with Gasteiger partial charge in [0.05, 0.1) is 26.1 Å². The van der Waals surface area contributed by atoms with Crippen molar-refractivity contribution in [2.75, 3.05) is 19.6 Å². The second kappa shape index (κ2) is 10.8. The molecule has 0 aliphatic rings. The molecule has 34 heavy (non-hydrogen) atoms. The summed E-state index contributed by atoms with van der Waals surface area (Å²) in [4.78, 5) is 19.1. The molecule has 0 spiro atoms. The fourth-order valence-corrected chi connectivity index (χ4v) is 3.21. The fourth-order valence-electron chi connectivity index (χ4n) is 3.21. The number of hydrogen-bond acceptors (Lipinski definition) is 7. The zero-order valence-electron chi connectivity index (χ0n) is 18.8. The highest BCUT2D eigenvalue weighted by Gasteiger charge is 2.07. The van der Waals surface area contributed by atoms with Gasteiger partial charge in [-0.2, -0.15) is 5.10 Å². The predicted molar refractivity (Wildman–Crippen MR) is 132 cm³/mol. The van der Waals surface area contributed by atoms with E-state index in [-0.39, 0.29) is 11.5 Å². The molecule has 1 heterocycles. The van der Waals surface area contributed by atoms with E-state index >= 15 is 0 Å². The quantitative estimate of drug-likeness (QED) is 0.285.